The molecular formula is C27H35N7O3. The topological polar surface area (TPSA) is 117 Å². The van der Waals surface area contributed by atoms with Gasteiger partial charge in [0.25, 0.3) is 11.6 Å². The summed E-state index contributed by atoms with van der Waals surface area (Å²) in [6.45, 7) is 9.29. The Morgan fingerprint density at radius 1 is 1.08 bits per heavy atom. The molecule has 1 amide bonds. The van der Waals surface area contributed by atoms with Gasteiger partial charge < -0.3 is 20.4 Å². The van der Waals surface area contributed by atoms with Crippen molar-refractivity contribution in [3.05, 3.63) is 64.2 Å². The second-order valence-corrected chi connectivity index (χ2v) is 9.21. The molecule has 10 nitrogen and oxygen atoms in total. The summed E-state index contributed by atoms with van der Waals surface area (Å²) in [5.74, 6) is 1.08. The molecule has 0 unspecified atom stereocenters. The van der Waals surface area contributed by atoms with Crippen molar-refractivity contribution in [1.82, 2.24) is 19.8 Å². The lowest BCUT2D eigenvalue weighted by atomic mass is 10.0. The van der Waals surface area contributed by atoms with E-state index < -0.39 is 4.92 Å². The van der Waals surface area contributed by atoms with E-state index in [9.17, 15) is 14.9 Å². The van der Waals surface area contributed by atoms with Crippen molar-refractivity contribution in [1.29, 1.82) is 0 Å². The summed E-state index contributed by atoms with van der Waals surface area (Å²) in [6.07, 6.45) is 2.45. The number of carbonyl (C=O) groups is 1. The average molecular weight is 506 g/mol. The van der Waals surface area contributed by atoms with E-state index in [0.717, 1.165) is 62.2 Å². The fraction of sp³-hybridized carbons (Fsp3) is 0.444. The first-order valence-corrected chi connectivity index (χ1v) is 13.0. The highest BCUT2D eigenvalue weighted by atomic mass is 16.6. The van der Waals surface area contributed by atoms with Crippen molar-refractivity contribution >= 4 is 34.3 Å². The molecule has 1 aliphatic heterocycles. The number of amides is 1. The third-order valence-electron chi connectivity index (χ3n) is 6.89. The number of nitrogens with zero attached hydrogens (tertiary/aromatic N) is 5. The molecule has 1 aliphatic rings. The maximum Gasteiger partial charge on any atom is 0.282 e. The maximum absolute atomic E-state index is 13.0. The minimum atomic E-state index is -0.503. The second-order valence-electron chi connectivity index (χ2n) is 9.21. The van der Waals surface area contributed by atoms with Gasteiger partial charge in [-0.25, -0.2) is 4.98 Å². The number of piperidine rings is 1. The van der Waals surface area contributed by atoms with Gasteiger partial charge in [0.05, 0.1) is 10.4 Å². The van der Waals surface area contributed by atoms with Crippen LogP contribution in [-0.4, -0.2) is 75.9 Å². The van der Waals surface area contributed by atoms with Crippen molar-refractivity contribution in [3.63, 3.8) is 0 Å². The van der Waals surface area contributed by atoms with Gasteiger partial charge >= 0.3 is 0 Å². The van der Waals surface area contributed by atoms with E-state index in [4.69, 9.17) is 9.97 Å². The number of likely N-dealkylation sites (tertiary alicyclic amines) is 1. The quantitative estimate of drug-likeness (QED) is 0.224. The molecule has 0 atom stereocenters. The Morgan fingerprint density at radius 2 is 1.78 bits per heavy atom. The highest BCUT2D eigenvalue weighted by molar-refractivity contribution is 5.98. The molecule has 37 heavy (non-hydrogen) atoms. The van der Waals surface area contributed by atoms with Crippen LogP contribution in [0.2, 0.25) is 0 Å². The van der Waals surface area contributed by atoms with Gasteiger partial charge in [-0.3, -0.25) is 14.9 Å². The van der Waals surface area contributed by atoms with Crippen molar-refractivity contribution in [3.8, 4) is 0 Å². The van der Waals surface area contributed by atoms with E-state index in [1.807, 2.05) is 24.3 Å². The van der Waals surface area contributed by atoms with E-state index in [-0.39, 0.29) is 23.2 Å². The first kappa shape index (κ1) is 26.3. The number of fused-ring (bicyclic) bond motifs is 1. The lowest BCUT2D eigenvalue weighted by Gasteiger charge is -2.32. The zero-order valence-electron chi connectivity index (χ0n) is 21.5. The van der Waals surface area contributed by atoms with Crippen molar-refractivity contribution in [2.45, 2.75) is 39.2 Å². The SMILES string of the molecule is CCN(CC)CCCNc1nc(NC2CCN(C(=O)c3ccccc3[N+](=O)[O-])CC2)c2ccccc2n1. The molecule has 0 spiro atoms. The lowest BCUT2D eigenvalue weighted by molar-refractivity contribution is -0.385. The van der Waals surface area contributed by atoms with Gasteiger partial charge in [-0.2, -0.15) is 4.98 Å². The van der Waals surface area contributed by atoms with Gasteiger partial charge in [-0.15, -0.1) is 0 Å². The van der Waals surface area contributed by atoms with Gasteiger partial charge in [0.1, 0.15) is 11.4 Å². The van der Waals surface area contributed by atoms with Crippen LogP contribution in [0.1, 0.15) is 43.5 Å². The number of nitro benzene ring substituents is 1. The summed E-state index contributed by atoms with van der Waals surface area (Å²) in [4.78, 5) is 37.4. The minimum Gasteiger partial charge on any atom is -0.367 e. The molecule has 4 rings (SSSR count). The van der Waals surface area contributed by atoms with Crippen LogP contribution in [0.3, 0.4) is 0 Å². The Hall–Kier alpha value is -3.79. The number of aromatic nitrogens is 2. The van der Waals surface area contributed by atoms with E-state index in [1.165, 1.54) is 12.1 Å². The molecule has 1 saturated heterocycles. The van der Waals surface area contributed by atoms with Crippen LogP contribution in [0.5, 0.6) is 0 Å². The number of rotatable bonds is 11. The summed E-state index contributed by atoms with van der Waals surface area (Å²) >= 11 is 0. The normalized spacial score (nSPS) is 14.2. The predicted molar refractivity (Wildman–Crippen MR) is 146 cm³/mol. The third kappa shape index (κ3) is 6.51. The van der Waals surface area contributed by atoms with Crippen LogP contribution < -0.4 is 10.6 Å². The Balaban J connectivity index is 1.40. The summed E-state index contributed by atoms with van der Waals surface area (Å²) in [6, 6.07) is 14.2. The molecule has 0 radical (unpaired) electrons. The molecule has 2 aromatic carbocycles. The van der Waals surface area contributed by atoms with Gasteiger partial charge in [-0.05, 0) is 57.1 Å². The summed E-state index contributed by atoms with van der Waals surface area (Å²) in [5, 5.41) is 19.2. The standard InChI is InChI=1S/C27H35N7O3/c1-3-32(4-2)17-9-16-28-27-30-23-12-7-5-10-21(23)25(31-27)29-20-14-18-33(19-15-20)26(35)22-11-6-8-13-24(22)34(36)37/h5-8,10-13,20H,3-4,9,14-19H2,1-2H3,(H2,28,29,30,31). The molecule has 0 saturated carbocycles. The number of hydrogen-bond acceptors (Lipinski definition) is 8. The number of anilines is 2. The fourth-order valence-electron chi connectivity index (χ4n) is 4.71. The monoisotopic (exact) mass is 505 g/mol. The maximum atomic E-state index is 13.0. The van der Waals surface area contributed by atoms with Crippen LogP contribution in [0.25, 0.3) is 10.9 Å². The van der Waals surface area contributed by atoms with Gasteiger partial charge in [0.15, 0.2) is 0 Å². The van der Waals surface area contributed by atoms with Crippen LogP contribution >= 0.6 is 0 Å². The van der Waals surface area contributed by atoms with Crippen LogP contribution in [0.4, 0.5) is 17.5 Å². The van der Waals surface area contributed by atoms with E-state index in [1.54, 1.807) is 17.0 Å². The van der Waals surface area contributed by atoms with Crippen LogP contribution in [0, 0.1) is 10.1 Å². The van der Waals surface area contributed by atoms with E-state index >= 15 is 0 Å². The predicted octanol–water partition coefficient (Wildman–Crippen LogP) is 4.40. The largest absolute Gasteiger partial charge is 0.367 e. The zero-order chi connectivity index (χ0) is 26.2. The second kappa shape index (κ2) is 12.4. The van der Waals surface area contributed by atoms with Gasteiger partial charge in [0, 0.05) is 37.1 Å². The fourth-order valence-corrected chi connectivity index (χ4v) is 4.71. The Labute approximate surface area is 217 Å². The third-order valence-corrected chi connectivity index (χ3v) is 6.89. The molecule has 1 aromatic heterocycles. The Morgan fingerprint density at radius 3 is 2.51 bits per heavy atom. The number of benzene rings is 2. The van der Waals surface area contributed by atoms with E-state index in [2.05, 4.69) is 29.4 Å². The molecule has 10 heteroatoms. The average Bonchev–Trinajstić information content (AvgIpc) is 2.93. The number of hydrogen-bond donors (Lipinski definition) is 2. The molecule has 3 aromatic rings. The van der Waals surface area contributed by atoms with Gasteiger partial charge in [0.2, 0.25) is 5.95 Å². The van der Waals surface area contributed by atoms with Gasteiger partial charge in [-0.1, -0.05) is 38.1 Å². The van der Waals surface area contributed by atoms with Crippen molar-refractivity contribution in [2.24, 2.45) is 0 Å². The molecule has 0 aliphatic carbocycles. The lowest BCUT2D eigenvalue weighted by Crippen LogP contribution is -2.42. The number of carbonyl (C=O) groups excluding carboxylic acids is 1. The Kier molecular flexibility index (Phi) is 8.84. The number of para-hydroxylation sites is 2. The summed E-state index contributed by atoms with van der Waals surface area (Å²) in [7, 11) is 0. The Bertz CT molecular complexity index is 1220. The number of nitro groups is 1. The molecule has 1 fully saturated rings. The first-order chi connectivity index (χ1) is 18.0. The molecular weight excluding hydrogens is 470 g/mol. The van der Waals surface area contributed by atoms with Crippen molar-refractivity contribution in [2.75, 3.05) is 49.9 Å². The van der Waals surface area contributed by atoms with Crippen LogP contribution in [0.15, 0.2) is 48.5 Å². The molecule has 196 valence electrons. The summed E-state index contributed by atoms with van der Waals surface area (Å²) in [5.41, 5.74) is 0.852. The van der Waals surface area contributed by atoms with Crippen molar-refractivity contribution < 1.29 is 9.72 Å². The van der Waals surface area contributed by atoms with E-state index in [0.29, 0.717) is 19.0 Å². The minimum absolute atomic E-state index is 0.128. The first-order valence-electron chi connectivity index (χ1n) is 13.0. The molecule has 2 N–H and O–H groups in total. The summed E-state index contributed by atoms with van der Waals surface area (Å²) < 4.78 is 0. The highest BCUT2D eigenvalue weighted by Crippen LogP contribution is 2.26. The highest BCUT2D eigenvalue weighted by Gasteiger charge is 2.28. The molecule has 2 heterocycles. The smallest absolute Gasteiger partial charge is 0.282 e. The van der Waals surface area contributed by atoms with Crippen LogP contribution in [-0.2, 0) is 0 Å². The number of nitrogens with one attached hydrogen (secondary N) is 2. The molecule has 0 bridgehead atoms. The zero-order valence-corrected chi connectivity index (χ0v) is 21.5.